The summed E-state index contributed by atoms with van der Waals surface area (Å²) in [5.41, 5.74) is -0.488. The third-order valence-corrected chi connectivity index (χ3v) is 2.29. The van der Waals surface area contributed by atoms with Crippen molar-refractivity contribution in [3.8, 4) is 5.75 Å². The first-order valence-corrected chi connectivity index (χ1v) is 4.93. The first-order chi connectivity index (χ1) is 7.84. The molecule has 1 aromatic rings. The predicted molar refractivity (Wildman–Crippen MR) is 57.7 cm³/mol. The van der Waals surface area contributed by atoms with Crippen molar-refractivity contribution in [2.45, 2.75) is 12.8 Å². The van der Waals surface area contributed by atoms with Crippen molar-refractivity contribution in [1.82, 2.24) is 0 Å². The molecule has 0 aliphatic rings. The maximum absolute atomic E-state index is 12.5. The molecule has 0 radical (unpaired) electrons. The minimum atomic E-state index is -5.08. The van der Waals surface area contributed by atoms with E-state index in [0.29, 0.717) is 0 Å². The second-order valence-electron chi connectivity index (χ2n) is 3.54. The Bertz CT molecular complexity index is 423. The van der Waals surface area contributed by atoms with Gasteiger partial charge in [-0.2, -0.15) is 0 Å². The van der Waals surface area contributed by atoms with Crippen molar-refractivity contribution in [2.75, 3.05) is 7.11 Å². The average molecular weight is 286 g/mol. The van der Waals surface area contributed by atoms with E-state index >= 15 is 0 Å². The molecular weight excluding hydrogens is 275 g/mol. The number of hydrogen-bond donors (Lipinski definition) is 1. The van der Waals surface area contributed by atoms with Crippen LogP contribution >= 0.6 is 0 Å². The molecule has 1 rings (SSSR count). The van der Waals surface area contributed by atoms with Crippen LogP contribution in [0.25, 0.3) is 0 Å². The van der Waals surface area contributed by atoms with Gasteiger partial charge in [0, 0.05) is 6.42 Å². The van der Waals surface area contributed by atoms with Crippen molar-refractivity contribution < 1.29 is 79.0 Å². The molecule has 0 saturated heterocycles. The zero-order valence-electron chi connectivity index (χ0n) is 10.1. The summed E-state index contributed by atoms with van der Waals surface area (Å²) in [5, 5.41) is 8.51. The van der Waals surface area contributed by atoms with Gasteiger partial charge in [-0.25, -0.2) is 0 Å². The number of methoxy groups -OCH3 is 1. The Morgan fingerprint density at radius 2 is 2.00 bits per heavy atom. The van der Waals surface area contributed by atoms with Crippen molar-refractivity contribution in [1.29, 1.82) is 0 Å². The number of aryl methyl sites for hydroxylation is 1. The molecule has 0 saturated carbocycles. The number of ether oxygens (including phenoxy) is 1. The zero-order chi connectivity index (χ0) is 13.1. The van der Waals surface area contributed by atoms with Crippen molar-refractivity contribution in [2.24, 2.45) is 0 Å². The van der Waals surface area contributed by atoms with Gasteiger partial charge in [-0.1, -0.05) is 12.1 Å². The Balaban J connectivity index is 0.00000289. The Morgan fingerprint density at radius 1 is 1.39 bits per heavy atom. The van der Waals surface area contributed by atoms with Gasteiger partial charge >= 0.3 is 64.3 Å². The van der Waals surface area contributed by atoms with Crippen LogP contribution in [0.3, 0.4) is 0 Å². The molecule has 0 aliphatic carbocycles. The summed E-state index contributed by atoms with van der Waals surface area (Å²) in [6, 6.07) is 3.09. The first kappa shape index (κ1) is 18.0. The van der Waals surface area contributed by atoms with Crippen LogP contribution in [0.2, 0.25) is 0 Å². The summed E-state index contributed by atoms with van der Waals surface area (Å²) in [5.74, 6) is -0.787. The average Bonchev–Trinajstić information content (AvgIpc) is 2.24. The molecular formula is C10H11BF3KO3. The van der Waals surface area contributed by atoms with Crippen molar-refractivity contribution in [3.63, 3.8) is 0 Å². The topological polar surface area (TPSA) is 46.5 Å². The molecule has 0 spiro atoms. The molecule has 94 valence electrons. The predicted octanol–water partition coefficient (Wildman–Crippen LogP) is -1.23. The molecule has 3 nitrogen and oxygen atoms in total. The minimum absolute atomic E-state index is 0. The largest absolute Gasteiger partial charge is 1.00 e. The quantitative estimate of drug-likeness (QED) is 0.690. The Labute approximate surface area is 145 Å². The van der Waals surface area contributed by atoms with Gasteiger partial charge in [0.05, 0.1) is 7.11 Å². The van der Waals surface area contributed by atoms with Gasteiger partial charge in [0.25, 0.3) is 0 Å². The van der Waals surface area contributed by atoms with E-state index in [2.05, 4.69) is 0 Å². The Morgan fingerprint density at radius 3 is 2.44 bits per heavy atom. The molecule has 0 unspecified atom stereocenters. The van der Waals surface area contributed by atoms with E-state index in [4.69, 9.17) is 9.84 Å². The summed E-state index contributed by atoms with van der Waals surface area (Å²) in [6.45, 7) is -5.08. The first-order valence-electron chi connectivity index (χ1n) is 4.93. The van der Waals surface area contributed by atoms with Gasteiger partial charge in [0.15, 0.2) is 0 Å². The molecule has 8 heteroatoms. The molecule has 0 bridgehead atoms. The third-order valence-electron chi connectivity index (χ3n) is 2.29. The smallest absolute Gasteiger partial charge is 0.496 e. The van der Waals surface area contributed by atoms with Crippen LogP contribution in [0.5, 0.6) is 5.75 Å². The second-order valence-corrected chi connectivity index (χ2v) is 3.54. The van der Waals surface area contributed by atoms with Gasteiger partial charge in [-0.3, -0.25) is 4.79 Å². The third kappa shape index (κ3) is 5.31. The molecule has 0 atom stereocenters. The molecule has 0 amide bonds. The number of benzene rings is 1. The van der Waals surface area contributed by atoms with Crippen LogP contribution in [-0.4, -0.2) is 25.2 Å². The summed E-state index contributed by atoms with van der Waals surface area (Å²) >= 11 is 0. The van der Waals surface area contributed by atoms with E-state index in [9.17, 15) is 17.7 Å². The Hall–Kier alpha value is -0.0187. The fourth-order valence-corrected chi connectivity index (χ4v) is 1.44. The molecule has 1 N–H and O–H groups in total. The maximum atomic E-state index is 12.5. The Kier molecular flexibility index (Phi) is 7.53. The number of rotatable bonds is 5. The van der Waals surface area contributed by atoms with E-state index in [1.165, 1.54) is 13.2 Å². The van der Waals surface area contributed by atoms with Gasteiger partial charge in [-0.05, 0) is 18.1 Å². The minimum Gasteiger partial charge on any atom is -0.496 e. The molecule has 0 aliphatic heterocycles. The van der Waals surface area contributed by atoms with Crippen LogP contribution in [0.1, 0.15) is 12.0 Å². The number of carbonyl (C=O) groups is 1. The number of hydrogen-bond acceptors (Lipinski definition) is 2. The molecule has 0 fully saturated rings. The fraction of sp³-hybridized carbons (Fsp3) is 0.300. The normalized spacial score (nSPS) is 10.7. The monoisotopic (exact) mass is 286 g/mol. The van der Waals surface area contributed by atoms with Crippen molar-refractivity contribution in [3.05, 3.63) is 23.8 Å². The molecule has 0 heterocycles. The van der Waals surface area contributed by atoms with Crippen LogP contribution in [0.4, 0.5) is 12.9 Å². The van der Waals surface area contributed by atoms with Crippen LogP contribution in [0, 0.1) is 0 Å². The van der Waals surface area contributed by atoms with E-state index < -0.39 is 18.4 Å². The summed E-state index contributed by atoms with van der Waals surface area (Å²) < 4.78 is 42.4. The van der Waals surface area contributed by atoms with Crippen LogP contribution in [-0.2, 0) is 11.2 Å². The van der Waals surface area contributed by atoms with Gasteiger partial charge < -0.3 is 22.8 Å². The van der Waals surface area contributed by atoms with Gasteiger partial charge in [-0.15, -0.1) is 5.46 Å². The van der Waals surface area contributed by atoms with Crippen molar-refractivity contribution >= 4 is 18.4 Å². The standard InChI is InChI=1S/C10H11BF3O3.K/c1-17-9-4-3-8(11(12,13)14)6-7(9)2-5-10(15)16;/h3-4,6H,2,5H2,1H3,(H,15,16);/q-1;+1. The maximum Gasteiger partial charge on any atom is 1.00 e. The molecule has 18 heavy (non-hydrogen) atoms. The summed E-state index contributed by atoms with van der Waals surface area (Å²) in [7, 11) is 1.33. The summed E-state index contributed by atoms with van der Waals surface area (Å²) in [6.07, 6.45) is -0.219. The second kappa shape index (κ2) is 7.54. The molecule has 0 aromatic heterocycles. The number of halogens is 3. The van der Waals surface area contributed by atoms with Crippen LogP contribution in [0.15, 0.2) is 18.2 Å². The van der Waals surface area contributed by atoms with E-state index in [1.54, 1.807) is 0 Å². The SMILES string of the molecule is COc1ccc([B-](F)(F)F)cc1CCC(=O)O.[K+]. The van der Waals surface area contributed by atoms with E-state index in [-0.39, 0.29) is 75.5 Å². The van der Waals surface area contributed by atoms with E-state index in [0.717, 1.165) is 12.1 Å². The zero-order valence-corrected chi connectivity index (χ0v) is 13.2. The fourth-order valence-electron chi connectivity index (χ4n) is 1.44. The molecule has 1 aromatic carbocycles. The summed E-state index contributed by atoms with van der Waals surface area (Å²) in [4.78, 5) is 10.4. The van der Waals surface area contributed by atoms with E-state index in [1.807, 2.05) is 0 Å². The number of aliphatic carboxylic acids is 1. The van der Waals surface area contributed by atoms with Crippen LogP contribution < -0.4 is 61.6 Å². The number of carboxylic acids is 1. The number of carboxylic acid groups (broad SMARTS) is 1. The van der Waals surface area contributed by atoms with Gasteiger partial charge in [0.2, 0.25) is 0 Å². The van der Waals surface area contributed by atoms with Gasteiger partial charge in [0.1, 0.15) is 5.75 Å².